The van der Waals surface area contributed by atoms with Gasteiger partial charge in [0.1, 0.15) is 11.4 Å². The van der Waals surface area contributed by atoms with Crippen molar-refractivity contribution in [1.82, 2.24) is 20.0 Å². The van der Waals surface area contributed by atoms with Crippen LogP contribution < -0.4 is 10.1 Å². The smallest absolute Gasteiger partial charge is 0.238 e. The number of carbonyl (C=O) groups excluding carboxylic acids is 2. The first-order valence-electron chi connectivity index (χ1n) is 11.6. The van der Waals surface area contributed by atoms with Gasteiger partial charge in [0.2, 0.25) is 5.91 Å². The summed E-state index contributed by atoms with van der Waals surface area (Å²) < 4.78 is 5.24. The van der Waals surface area contributed by atoms with E-state index in [2.05, 4.69) is 39.4 Å². The zero-order chi connectivity index (χ0) is 23.8. The van der Waals surface area contributed by atoms with Crippen molar-refractivity contribution >= 4 is 17.4 Å². The first-order valence-corrected chi connectivity index (χ1v) is 11.6. The lowest BCUT2D eigenvalue weighted by molar-refractivity contribution is -0.117. The summed E-state index contributed by atoms with van der Waals surface area (Å²) in [5.74, 6) is 0.503. The summed E-state index contributed by atoms with van der Waals surface area (Å²) in [5, 5.41) is 10.4. The number of ketones is 1. The highest BCUT2D eigenvalue weighted by atomic mass is 16.5. The fourth-order valence-electron chi connectivity index (χ4n) is 4.93. The molecule has 1 aliphatic heterocycles. The topological polar surface area (TPSA) is 90.6 Å². The van der Waals surface area contributed by atoms with Crippen LogP contribution >= 0.6 is 0 Å². The van der Waals surface area contributed by atoms with Crippen LogP contribution in [0.25, 0.3) is 22.5 Å². The lowest BCUT2D eigenvalue weighted by atomic mass is 10.0. The van der Waals surface area contributed by atoms with Crippen LogP contribution in [0, 0.1) is 0 Å². The van der Waals surface area contributed by atoms with Crippen LogP contribution in [0.2, 0.25) is 0 Å². The summed E-state index contributed by atoms with van der Waals surface area (Å²) in [6.45, 7) is 2.10. The number of amides is 1. The number of nitrogens with zero attached hydrogens (tertiary/aromatic N) is 3. The summed E-state index contributed by atoms with van der Waals surface area (Å²) in [5.41, 5.74) is 4.45. The molecule has 1 aromatic heterocycles. The number of hydrogen-bond donors (Lipinski definition) is 2. The Labute approximate surface area is 198 Å². The molecule has 0 saturated carbocycles. The Kier molecular flexibility index (Phi) is 5.93. The molecule has 0 atom stereocenters. The van der Waals surface area contributed by atoms with E-state index in [1.165, 1.54) is 0 Å². The van der Waals surface area contributed by atoms with E-state index < -0.39 is 0 Å². The van der Waals surface area contributed by atoms with E-state index in [1.807, 2.05) is 36.4 Å². The van der Waals surface area contributed by atoms with Gasteiger partial charge in [-0.2, -0.15) is 5.10 Å². The largest absolute Gasteiger partial charge is 0.497 e. The van der Waals surface area contributed by atoms with Crippen molar-refractivity contribution in [2.75, 3.05) is 46.2 Å². The second kappa shape index (κ2) is 9.04. The molecule has 0 radical (unpaired) electrons. The van der Waals surface area contributed by atoms with Gasteiger partial charge in [-0.15, -0.1) is 0 Å². The van der Waals surface area contributed by atoms with Crippen molar-refractivity contribution in [1.29, 1.82) is 0 Å². The normalized spacial score (nSPS) is 15.9. The molecule has 0 spiro atoms. The molecule has 34 heavy (non-hydrogen) atoms. The number of hydrogen-bond acceptors (Lipinski definition) is 6. The Balaban J connectivity index is 1.34. The van der Waals surface area contributed by atoms with Gasteiger partial charge in [-0.1, -0.05) is 12.1 Å². The first-order chi connectivity index (χ1) is 16.5. The molecule has 1 aliphatic carbocycles. The van der Waals surface area contributed by atoms with Crippen molar-refractivity contribution in [2.24, 2.45) is 0 Å². The fourth-order valence-corrected chi connectivity index (χ4v) is 4.93. The maximum absolute atomic E-state index is 13.5. The van der Waals surface area contributed by atoms with Crippen molar-refractivity contribution in [3.63, 3.8) is 0 Å². The van der Waals surface area contributed by atoms with E-state index in [1.54, 1.807) is 13.2 Å². The predicted octanol–water partition coefficient (Wildman–Crippen LogP) is 3.26. The number of piperidine rings is 1. The maximum atomic E-state index is 13.5. The van der Waals surface area contributed by atoms with Gasteiger partial charge < -0.3 is 15.0 Å². The van der Waals surface area contributed by atoms with Gasteiger partial charge in [-0.3, -0.25) is 19.6 Å². The second-order valence-electron chi connectivity index (χ2n) is 9.13. The molecule has 2 heterocycles. The molecular weight excluding hydrogens is 430 g/mol. The molecule has 3 aromatic rings. The van der Waals surface area contributed by atoms with Crippen LogP contribution in [-0.4, -0.2) is 78.6 Å². The number of carbonyl (C=O) groups is 2. The Morgan fingerprint density at radius 2 is 1.88 bits per heavy atom. The number of rotatable bonds is 6. The van der Waals surface area contributed by atoms with Crippen molar-refractivity contribution in [3.05, 3.63) is 53.6 Å². The van der Waals surface area contributed by atoms with E-state index in [9.17, 15) is 9.59 Å². The number of likely N-dealkylation sites (tertiary alicyclic amines) is 1. The van der Waals surface area contributed by atoms with Gasteiger partial charge in [0, 0.05) is 30.3 Å². The molecule has 1 fully saturated rings. The van der Waals surface area contributed by atoms with Gasteiger partial charge in [-0.25, -0.2) is 0 Å². The summed E-state index contributed by atoms with van der Waals surface area (Å²) in [7, 11) is 5.82. The highest BCUT2D eigenvalue weighted by Crippen LogP contribution is 2.43. The Morgan fingerprint density at radius 3 is 2.56 bits per heavy atom. The van der Waals surface area contributed by atoms with E-state index in [0.717, 1.165) is 42.8 Å². The van der Waals surface area contributed by atoms with Gasteiger partial charge in [0.25, 0.3) is 0 Å². The Morgan fingerprint density at radius 1 is 1.15 bits per heavy atom. The predicted molar refractivity (Wildman–Crippen MR) is 131 cm³/mol. The Bertz CT molecular complexity index is 1220. The second-order valence-corrected chi connectivity index (χ2v) is 9.13. The number of benzene rings is 2. The highest BCUT2D eigenvalue weighted by molar-refractivity contribution is 6.27. The standard InChI is InChI=1S/C26H29N5O3/c1-30(2)17-11-13-31(14-12-17)15-21(32)27-20-6-4-5-19-22(20)26(33)23-24(28-29-25(19)23)16-7-9-18(34-3)10-8-16/h4-10,17H,11-15H2,1-3H3,(H,27,32)(H,28,29). The molecule has 1 amide bonds. The van der Waals surface area contributed by atoms with Crippen LogP contribution in [0.1, 0.15) is 28.8 Å². The van der Waals surface area contributed by atoms with Crippen LogP contribution in [0.3, 0.4) is 0 Å². The fraction of sp³-hybridized carbons (Fsp3) is 0.346. The van der Waals surface area contributed by atoms with E-state index in [-0.39, 0.29) is 11.7 Å². The summed E-state index contributed by atoms with van der Waals surface area (Å²) in [4.78, 5) is 30.8. The summed E-state index contributed by atoms with van der Waals surface area (Å²) in [6.07, 6.45) is 2.10. The zero-order valence-corrected chi connectivity index (χ0v) is 19.7. The molecule has 2 aliphatic rings. The van der Waals surface area contributed by atoms with Crippen LogP contribution in [0.5, 0.6) is 5.75 Å². The van der Waals surface area contributed by atoms with Crippen LogP contribution in [0.4, 0.5) is 5.69 Å². The summed E-state index contributed by atoms with van der Waals surface area (Å²) in [6, 6.07) is 13.6. The lowest BCUT2D eigenvalue weighted by Gasteiger charge is -2.34. The van der Waals surface area contributed by atoms with Gasteiger partial charge >= 0.3 is 0 Å². The SMILES string of the molecule is COc1ccc(-c2[nH]nc3c2C(=O)c2c(NC(=O)CN4CCC(N(C)C)CC4)cccc2-3)cc1. The number of aromatic amines is 1. The third kappa shape index (κ3) is 3.99. The molecule has 176 valence electrons. The number of fused-ring (bicyclic) bond motifs is 3. The molecule has 0 bridgehead atoms. The number of anilines is 1. The number of aromatic nitrogens is 2. The summed E-state index contributed by atoms with van der Waals surface area (Å²) >= 11 is 0. The molecule has 2 aromatic carbocycles. The first kappa shape index (κ1) is 22.3. The minimum atomic E-state index is -0.132. The quantitative estimate of drug-likeness (QED) is 0.460. The van der Waals surface area contributed by atoms with Crippen molar-refractivity contribution in [3.8, 4) is 28.3 Å². The molecule has 8 heteroatoms. The highest BCUT2D eigenvalue weighted by Gasteiger charge is 2.35. The zero-order valence-electron chi connectivity index (χ0n) is 19.7. The molecule has 8 nitrogen and oxygen atoms in total. The maximum Gasteiger partial charge on any atom is 0.238 e. The third-order valence-electron chi connectivity index (χ3n) is 6.85. The van der Waals surface area contributed by atoms with Crippen LogP contribution in [-0.2, 0) is 4.79 Å². The van der Waals surface area contributed by atoms with Crippen molar-refractivity contribution < 1.29 is 14.3 Å². The van der Waals surface area contributed by atoms with Gasteiger partial charge in [0.15, 0.2) is 5.78 Å². The Hall–Kier alpha value is -3.49. The number of H-pyrrole nitrogens is 1. The van der Waals surface area contributed by atoms with Gasteiger partial charge in [0.05, 0.1) is 36.2 Å². The van der Waals surface area contributed by atoms with E-state index in [4.69, 9.17) is 4.74 Å². The molecule has 1 saturated heterocycles. The van der Waals surface area contributed by atoms with E-state index in [0.29, 0.717) is 40.8 Å². The molecule has 0 unspecified atom stereocenters. The van der Waals surface area contributed by atoms with Crippen molar-refractivity contribution in [2.45, 2.75) is 18.9 Å². The average Bonchev–Trinajstić information content (AvgIpc) is 3.40. The molecule has 2 N–H and O–H groups in total. The minimum absolute atomic E-state index is 0.106. The van der Waals surface area contributed by atoms with Gasteiger partial charge in [-0.05, 0) is 57.3 Å². The number of ether oxygens (including phenoxy) is 1. The third-order valence-corrected chi connectivity index (χ3v) is 6.85. The van der Waals surface area contributed by atoms with E-state index >= 15 is 0 Å². The van der Waals surface area contributed by atoms with Crippen LogP contribution in [0.15, 0.2) is 42.5 Å². The molecule has 5 rings (SSSR count). The lowest BCUT2D eigenvalue weighted by Crippen LogP contribution is -2.44. The average molecular weight is 460 g/mol. The molecular formula is C26H29N5O3. The number of methoxy groups -OCH3 is 1. The number of nitrogens with one attached hydrogen (secondary N) is 2. The minimum Gasteiger partial charge on any atom is -0.497 e. The monoisotopic (exact) mass is 459 g/mol.